The van der Waals surface area contributed by atoms with Gasteiger partial charge in [-0.2, -0.15) is 0 Å². The second-order valence-electron chi connectivity index (χ2n) is 12.3. The molecular formula is C32H45N3O4. The predicted octanol–water partition coefficient (Wildman–Crippen LogP) is 5.66. The number of hydrogen-bond donors (Lipinski definition) is 2. The van der Waals surface area contributed by atoms with Crippen molar-refractivity contribution in [2.45, 2.75) is 128 Å². The van der Waals surface area contributed by atoms with Gasteiger partial charge in [0, 0.05) is 30.1 Å². The van der Waals surface area contributed by atoms with Gasteiger partial charge in [0.2, 0.25) is 11.8 Å². The van der Waals surface area contributed by atoms with Crippen molar-refractivity contribution in [2.24, 2.45) is 11.8 Å². The van der Waals surface area contributed by atoms with E-state index in [9.17, 15) is 19.2 Å². The number of hydrogen-bond acceptors (Lipinski definition) is 4. The number of carbonyl (C=O) groups is 4. The number of piperidine rings is 1. The molecule has 0 radical (unpaired) electrons. The second kappa shape index (κ2) is 13.1. The smallest absolute Gasteiger partial charge is 0.255 e. The van der Waals surface area contributed by atoms with Crippen LogP contribution in [0.4, 0.5) is 0 Å². The molecule has 2 heterocycles. The van der Waals surface area contributed by atoms with E-state index in [0.717, 1.165) is 5.56 Å². The molecule has 1 aromatic rings. The molecule has 4 aliphatic rings. The van der Waals surface area contributed by atoms with E-state index in [0.29, 0.717) is 29.4 Å². The fourth-order valence-corrected chi connectivity index (χ4v) is 7.44. The molecule has 1 aromatic carbocycles. The van der Waals surface area contributed by atoms with Gasteiger partial charge in [0.1, 0.15) is 6.04 Å². The number of benzene rings is 1. The second-order valence-corrected chi connectivity index (χ2v) is 12.3. The molecular weight excluding hydrogens is 490 g/mol. The van der Waals surface area contributed by atoms with Crippen molar-refractivity contribution in [1.29, 1.82) is 0 Å². The van der Waals surface area contributed by atoms with Gasteiger partial charge < -0.3 is 10.2 Å². The van der Waals surface area contributed by atoms with E-state index >= 15 is 0 Å². The average molecular weight is 536 g/mol. The molecule has 1 saturated heterocycles. The van der Waals surface area contributed by atoms with Gasteiger partial charge in [-0.05, 0) is 67.7 Å². The van der Waals surface area contributed by atoms with Crippen molar-refractivity contribution in [2.75, 3.05) is 0 Å². The minimum absolute atomic E-state index is 0.0448. The monoisotopic (exact) mass is 535 g/mol. The molecule has 7 nitrogen and oxygen atoms in total. The molecule has 3 fully saturated rings. The van der Waals surface area contributed by atoms with Crippen LogP contribution in [0, 0.1) is 11.8 Å². The van der Waals surface area contributed by atoms with Crippen LogP contribution >= 0.6 is 0 Å². The first-order chi connectivity index (χ1) is 19.0. The Balaban J connectivity index is 1.32. The Morgan fingerprint density at radius 3 is 1.92 bits per heavy atom. The summed E-state index contributed by atoms with van der Waals surface area (Å²) in [6.07, 6.45) is 19.5. The average Bonchev–Trinajstić information content (AvgIpc) is 3.29. The molecule has 0 bridgehead atoms. The van der Waals surface area contributed by atoms with Crippen molar-refractivity contribution in [3.63, 3.8) is 0 Å². The van der Waals surface area contributed by atoms with E-state index in [1.165, 1.54) is 96.3 Å². The van der Waals surface area contributed by atoms with Crippen LogP contribution in [0.2, 0.25) is 0 Å². The van der Waals surface area contributed by atoms with Gasteiger partial charge in [-0.3, -0.25) is 24.5 Å². The Morgan fingerprint density at radius 1 is 0.795 bits per heavy atom. The number of rotatable bonds is 5. The lowest BCUT2D eigenvalue weighted by Crippen LogP contribution is -2.52. The van der Waals surface area contributed by atoms with Gasteiger partial charge in [0.05, 0.1) is 0 Å². The number of fused-ring (bicyclic) bond motifs is 1. The standard InChI is InChI=1S/C32H45N3O4/c36-28-19-18-27(31(38)33-28)35-21-25-20-24(16-17-26(25)32(35)39)30(37)34-29(23-14-10-6-3-7-11-15-23)22-12-8-4-1-2-5-9-13-22/h16-17,20,22-23,27,29H,1-15,18-19,21H2,(H,34,37)(H,33,36,38)/t27?,29-/m0/s1. The molecule has 1 unspecified atom stereocenters. The van der Waals surface area contributed by atoms with Crippen LogP contribution in [0.3, 0.4) is 0 Å². The van der Waals surface area contributed by atoms with E-state index < -0.39 is 11.9 Å². The minimum atomic E-state index is -0.646. The van der Waals surface area contributed by atoms with Gasteiger partial charge in [0.15, 0.2) is 0 Å². The fourth-order valence-electron chi connectivity index (χ4n) is 7.44. The summed E-state index contributed by atoms with van der Waals surface area (Å²) >= 11 is 0. The third kappa shape index (κ3) is 6.72. The van der Waals surface area contributed by atoms with E-state index in [1.807, 2.05) is 6.07 Å². The summed E-state index contributed by atoms with van der Waals surface area (Å²) in [6, 6.07) is 4.89. The largest absolute Gasteiger partial charge is 0.349 e. The lowest BCUT2D eigenvalue weighted by molar-refractivity contribution is -0.136. The summed E-state index contributed by atoms with van der Waals surface area (Å²) < 4.78 is 0. The molecule has 7 heteroatoms. The number of amides is 4. The maximum Gasteiger partial charge on any atom is 0.255 e. The summed E-state index contributed by atoms with van der Waals surface area (Å²) in [4.78, 5) is 52.4. The van der Waals surface area contributed by atoms with Crippen LogP contribution < -0.4 is 10.6 Å². The molecule has 2 atom stereocenters. The molecule has 39 heavy (non-hydrogen) atoms. The molecule has 5 rings (SSSR count). The Bertz CT molecular complexity index is 1050. The first-order valence-corrected chi connectivity index (χ1v) is 15.6. The zero-order chi connectivity index (χ0) is 27.2. The van der Waals surface area contributed by atoms with Crippen molar-refractivity contribution in [1.82, 2.24) is 15.5 Å². The SMILES string of the molecule is O=C1CCC(N2Cc3cc(C(=O)N[C@@H](C4CCCCCCCC4)C4CCCCCCC4)ccc3C2=O)C(=O)N1. The number of carbonyl (C=O) groups excluding carboxylic acids is 4. The molecule has 0 aromatic heterocycles. The fraction of sp³-hybridized carbons (Fsp3) is 0.688. The first-order valence-electron chi connectivity index (χ1n) is 15.6. The van der Waals surface area contributed by atoms with E-state index in [4.69, 9.17) is 0 Å². The van der Waals surface area contributed by atoms with Crippen molar-refractivity contribution >= 4 is 23.6 Å². The molecule has 212 valence electrons. The Hall–Kier alpha value is -2.70. The van der Waals surface area contributed by atoms with Crippen LogP contribution in [0.25, 0.3) is 0 Å². The van der Waals surface area contributed by atoms with Gasteiger partial charge in [-0.25, -0.2) is 0 Å². The molecule has 2 aliphatic carbocycles. The highest BCUT2D eigenvalue weighted by Gasteiger charge is 2.39. The Kier molecular flexibility index (Phi) is 9.36. The molecule has 2 aliphatic heterocycles. The van der Waals surface area contributed by atoms with Crippen LogP contribution in [0.15, 0.2) is 18.2 Å². The van der Waals surface area contributed by atoms with Crippen molar-refractivity contribution in [3.8, 4) is 0 Å². The lowest BCUT2D eigenvalue weighted by atomic mass is 9.76. The third-order valence-electron chi connectivity index (χ3n) is 9.65. The van der Waals surface area contributed by atoms with E-state index in [1.54, 1.807) is 17.0 Å². The maximum atomic E-state index is 13.8. The Morgan fingerprint density at radius 2 is 1.36 bits per heavy atom. The summed E-state index contributed by atoms with van der Waals surface area (Å²) in [5, 5.41) is 5.89. The summed E-state index contributed by atoms with van der Waals surface area (Å²) in [6.45, 7) is 0.288. The molecule has 0 spiro atoms. The quantitative estimate of drug-likeness (QED) is 0.476. The zero-order valence-electron chi connectivity index (χ0n) is 23.3. The minimum Gasteiger partial charge on any atom is -0.349 e. The summed E-state index contributed by atoms with van der Waals surface area (Å²) in [5.41, 5.74) is 1.91. The summed E-state index contributed by atoms with van der Waals surface area (Å²) in [7, 11) is 0. The Labute approximate surface area is 232 Å². The van der Waals surface area contributed by atoms with Crippen molar-refractivity contribution < 1.29 is 19.2 Å². The number of nitrogens with one attached hydrogen (secondary N) is 2. The van der Waals surface area contributed by atoms with E-state index in [-0.39, 0.29) is 36.7 Å². The third-order valence-corrected chi connectivity index (χ3v) is 9.65. The topological polar surface area (TPSA) is 95.6 Å². The number of imide groups is 1. The van der Waals surface area contributed by atoms with E-state index in [2.05, 4.69) is 10.6 Å². The number of nitrogens with zero attached hydrogens (tertiary/aromatic N) is 1. The highest BCUT2D eigenvalue weighted by Crippen LogP contribution is 2.34. The maximum absolute atomic E-state index is 13.8. The predicted molar refractivity (Wildman–Crippen MR) is 150 cm³/mol. The zero-order valence-corrected chi connectivity index (χ0v) is 23.3. The molecule has 2 saturated carbocycles. The normalized spacial score (nSPS) is 25.0. The lowest BCUT2D eigenvalue weighted by Gasteiger charge is -2.36. The molecule has 4 amide bonds. The highest BCUT2D eigenvalue weighted by atomic mass is 16.2. The van der Waals surface area contributed by atoms with Crippen LogP contribution in [0.1, 0.15) is 135 Å². The van der Waals surface area contributed by atoms with Gasteiger partial charge >= 0.3 is 0 Å². The van der Waals surface area contributed by atoms with Gasteiger partial charge in [-0.1, -0.05) is 70.6 Å². The van der Waals surface area contributed by atoms with Crippen LogP contribution in [-0.2, 0) is 16.1 Å². The highest BCUT2D eigenvalue weighted by molar-refractivity contribution is 6.06. The van der Waals surface area contributed by atoms with Crippen LogP contribution in [-0.4, -0.2) is 40.6 Å². The van der Waals surface area contributed by atoms with Crippen molar-refractivity contribution in [3.05, 3.63) is 34.9 Å². The summed E-state index contributed by atoms with van der Waals surface area (Å²) in [5.74, 6) is 0.0936. The van der Waals surface area contributed by atoms with Crippen LogP contribution in [0.5, 0.6) is 0 Å². The van der Waals surface area contributed by atoms with Gasteiger partial charge in [-0.15, -0.1) is 0 Å². The molecule has 2 N–H and O–H groups in total. The van der Waals surface area contributed by atoms with Gasteiger partial charge in [0.25, 0.3) is 11.8 Å². The first kappa shape index (κ1) is 27.9.